The molecule has 1 aromatic rings. The molecule has 0 aliphatic rings. The van der Waals surface area contributed by atoms with Gasteiger partial charge in [0.15, 0.2) is 0 Å². The molecule has 6 nitrogen and oxygen atoms in total. The molecule has 0 fully saturated rings. The second-order valence-electron chi connectivity index (χ2n) is 4.37. The van der Waals surface area contributed by atoms with Gasteiger partial charge in [0.25, 0.3) is 5.91 Å². The minimum absolute atomic E-state index is 0.112. The highest BCUT2D eigenvalue weighted by atomic mass is 16.5. The van der Waals surface area contributed by atoms with Crippen molar-refractivity contribution in [3.8, 4) is 0 Å². The van der Waals surface area contributed by atoms with E-state index in [0.29, 0.717) is 12.0 Å². The molecule has 100 valence electrons. The maximum absolute atomic E-state index is 12.0. The van der Waals surface area contributed by atoms with Crippen molar-refractivity contribution in [2.75, 3.05) is 7.11 Å². The predicted molar refractivity (Wildman–Crippen MR) is 64.0 cm³/mol. The maximum atomic E-state index is 12.0. The number of carbonyl (C=O) groups excluding carboxylic acids is 2. The fraction of sp³-hybridized carbons (Fsp3) is 0.583. The summed E-state index contributed by atoms with van der Waals surface area (Å²) >= 11 is 0. The lowest BCUT2D eigenvalue weighted by atomic mass is 9.96. The Morgan fingerprint density at radius 3 is 2.67 bits per heavy atom. The summed E-state index contributed by atoms with van der Waals surface area (Å²) in [5.41, 5.74) is -0.434. The molecule has 6 heteroatoms. The molecule has 0 aliphatic heterocycles. The normalized spacial score (nSPS) is 13.8. The molecule has 1 heterocycles. The highest BCUT2D eigenvalue weighted by Crippen LogP contribution is 2.16. The van der Waals surface area contributed by atoms with Crippen molar-refractivity contribution in [3.63, 3.8) is 0 Å². The molecule has 1 N–H and O–H groups in total. The molecule has 1 atom stereocenters. The molecule has 0 bridgehead atoms. The summed E-state index contributed by atoms with van der Waals surface area (Å²) < 4.78 is 9.57. The van der Waals surface area contributed by atoms with E-state index in [1.807, 2.05) is 6.92 Å². The minimum Gasteiger partial charge on any atom is -0.467 e. The average Bonchev–Trinajstić information content (AvgIpc) is 2.74. The first kappa shape index (κ1) is 14.2. The molecule has 0 aliphatic carbocycles. The SMILES string of the molecule is CCCC(C)(NC(=O)c1oncc1C)C(=O)OC. The second-order valence-corrected chi connectivity index (χ2v) is 4.37. The van der Waals surface area contributed by atoms with E-state index in [9.17, 15) is 9.59 Å². The minimum atomic E-state index is -1.06. The van der Waals surface area contributed by atoms with Gasteiger partial charge in [-0.15, -0.1) is 0 Å². The first-order chi connectivity index (χ1) is 8.44. The summed E-state index contributed by atoms with van der Waals surface area (Å²) in [6.07, 6.45) is 2.67. The molecule has 0 spiro atoms. The van der Waals surface area contributed by atoms with Crippen molar-refractivity contribution in [1.82, 2.24) is 10.5 Å². The molecular formula is C12H18N2O4. The number of amides is 1. The molecular weight excluding hydrogens is 236 g/mol. The van der Waals surface area contributed by atoms with Crippen LogP contribution in [0.3, 0.4) is 0 Å². The Balaban J connectivity index is 2.88. The molecule has 0 aromatic carbocycles. The molecule has 1 unspecified atom stereocenters. The lowest BCUT2D eigenvalue weighted by Gasteiger charge is -2.26. The van der Waals surface area contributed by atoms with E-state index < -0.39 is 17.4 Å². The van der Waals surface area contributed by atoms with Gasteiger partial charge in [0.1, 0.15) is 5.54 Å². The van der Waals surface area contributed by atoms with Crippen LogP contribution in [0, 0.1) is 6.92 Å². The van der Waals surface area contributed by atoms with E-state index in [1.54, 1.807) is 13.8 Å². The topological polar surface area (TPSA) is 81.4 Å². The Bertz CT molecular complexity index is 441. The number of hydrogen-bond acceptors (Lipinski definition) is 5. The summed E-state index contributed by atoms with van der Waals surface area (Å²) in [5, 5.41) is 6.17. The maximum Gasteiger partial charge on any atom is 0.331 e. The average molecular weight is 254 g/mol. The molecule has 1 aromatic heterocycles. The quantitative estimate of drug-likeness (QED) is 0.804. The first-order valence-electron chi connectivity index (χ1n) is 5.76. The third-order valence-corrected chi connectivity index (χ3v) is 2.73. The van der Waals surface area contributed by atoms with Gasteiger partial charge in [-0.3, -0.25) is 4.79 Å². The zero-order valence-corrected chi connectivity index (χ0v) is 11.1. The van der Waals surface area contributed by atoms with E-state index >= 15 is 0 Å². The Morgan fingerprint density at radius 2 is 2.22 bits per heavy atom. The number of ether oxygens (including phenoxy) is 1. The van der Waals surface area contributed by atoms with E-state index in [0.717, 1.165) is 6.42 Å². The number of hydrogen-bond donors (Lipinski definition) is 1. The highest BCUT2D eigenvalue weighted by Gasteiger charge is 2.36. The van der Waals surface area contributed by atoms with Crippen LogP contribution in [0.1, 0.15) is 42.8 Å². The van der Waals surface area contributed by atoms with Gasteiger partial charge in [0.2, 0.25) is 5.76 Å². The summed E-state index contributed by atoms with van der Waals surface area (Å²) in [5.74, 6) is -0.831. The lowest BCUT2D eigenvalue weighted by molar-refractivity contribution is -0.147. The van der Waals surface area contributed by atoms with Gasteiger partial charge < -0.3 is 14.6 Å². The van der Waals surface area contributed by atoms with E-state index in [-0.39, 0.29) is 5.76 Å². The number of esters is 1. The molecule has 1 amide bonds. The van der Waals surface area contributed by atoms with Gasteiger partial charge in [0.05, 0.1) is 13.3 Å². The summed E-state index contributed by atoms with van der Waals surface area (Å²) in [6.45, 7) is 5.26. The van der Waals surface area contributed by atoms with Crippen LogP contribution in [0.15, 0.2) is 10.7 Å². The monoisotopic (exact) mass is 254 g/mol. The highest BCUT2D eigenvalue weighted by molar-refractivity contribution is 5.96. The largest absolute Gasteiger partial charge is 0.467 e. The smallest absolute Gasteiger partial charge is 0.331 e. The van der Waals surface area contributed by atoms with E-state index in [2.05, 4.69) is 10.5 Å². The van der Waals surface area contributed by atoms with Gasteiger partial charge in [-0.2, -0.15) is 0 Å². The number of methoxy groups -OCH3 is 1. The number of nitrogens with one attached hydrogen (secondary N) is 1. The van der Waals surface area contributed by atoms with Crippen LogP contribution >= 0.6 is 0 Å². The number of rotatable bonds is 5. The molecule has 0 saturated carbocycles. The van der Waals surface area contributed by atoms with Crippen molar-refractivity contribution in [2.45, 2.75) is 39.2 Å². The van der Waals surface area contributed by atoms with Gasteiger partial charge >= 0.3 is 5.97 Å². The predicted octanol–water partition coefficient (Wildman–Crippen LogP) is 1.44. The van der Waals surface area contributed by atoms with Crippen molar-refractivity contribution in [1.29, 1.82) is 0 Å². The van der Waals surface area contributed by atoms with Crippen molar-refractivity contribution in [2.24, 2.45) is 0 Å². The number of carbonyl (C=O) groups is 2. The van der Waals surface area contributed by atoms with Crippen LogP contribution in [-0.2, 0) is 9.53 Å². The second kappa shape index (κ2) is 5.66. The van der Waals surface area contributed by atoms with Crippen LogP contribution in [0.25, 0.3) is 0 Å². The van der Waals surface area contributed by atoms with Gasteiger partial charge in [-0.05, 0) is 20.3 Å². The van der Waals surface area contributed by atoms with Crippen LogP contribution in [-0.4, -0.2) is 29.7 Å². The van der Waals surface area contributed by atoms with Gasteiger partial charge in [-0.1, -0.05) is 18.5 Å². The van der Waals surface area contributed by atoms with Gasteiger partial charge in [0, 0.05) is 5.56 Å². The van der Waals surface area contributed by atoms with E-state index in [4.69, 9.17) is 9.26 Å². The molecule has 18 heavy (non-hydrogen) atoms. The first-order valence-corrected chi connectivity index (χ1v) is 5.76. The lowest BCUT2D eigenvalue weighted by Crippen LogP contribution is -2.52. The van der Waals surface area contributed by atoms with Crippen molar-refractivity contribution < 1.29 is 18.8 Å². The number of aromatic nitrogens is 1. The molecule has 0 radical (unpaired) electrons. The van der Waals surface area contributed by atoms with Crippen molar-refractivity contribution >= 4 is 11.9 Å². The Labute approximate surface area is 106 Å². The summed E-state index contributed by atoms with van der Waals surface area (Å²) in [6, 6.07) is 0. The van der Waals surface area contributed by atoms with Crippen molar-refractivity contribution in [3.05, 3.63) is 17.5 Å². The summed E-state index contributed by atoms with van der Waals surface area (Å²) in [4.78, 5) is 23.7. The Kier molecular flexibility index (Phi) is 4.47. The van der Waals surface area contributed by atoms with E-state index in [1.165, 1.54) is 13.3 Å². The van der Waals surface area contributed by atoms with Crippen LogP contribution < -0.4 is 5.32 Å². The third kappa shape index (κ3) is 2.88. The number of nitrogens with zero attached hydrogens (tertiary/aromatic N) is 1. The third-order valence-electron chi connectivity index (χ3n) is 2.73. The number of aryl methyl sites for hydroxylation is 1. The van der Waals surface area contributed by atoms with Crippen LogP contribution in [0.5, 0.6) is 0 Å². The zero-order valence-electron chi connectivity index (χ0n) is 11.1. The standard InChI is InChI=1S/C12H18N2O4/c1-5-6-12(3,11(16)17-4)14-10(15)9-8(2)7-13-18-9/h7H,5-6H2,1-4H3,(H,14,15). The zero-order chi connectivity index (χ0) is 13.8. The fourth-order valence-electron chi connectivity index (χ4n) is 1.76. The van der Waals surface area contributed by atoms with Gasteiger partial charge in [-0.25, -0.2) is 4.79 Å². The van der Waals surface area contributed by atoms with Crippen LogP contribution in [0.2, 0.25) is 0 Å². The Hall–Kier alpha value is -1.85. The fourth-order valence-corrected chi connectivity index (χ4v) is 1.76. The Morgan fingerprint density at radius 1 is 1.56 bits per heavy atom. The molecule has 1 rings (SSSR count). The summed E-state index contributed by atoms with van der Waals surface area (Å²) in [7, 11) is 1.29. The van der Waals surface area contributed by atoms with Crippen LogP contribution in [0.4, 0.5) is 0 Å². The molecule has 0 saturated heterocycles.